The highest BCUT2D eigenvalue weighted by Crippen LogP contribution is 2.01. The number of hydrogen-bond donors (Lipinski definition) is 2. The zero-order valence-electron chi connectivity index (χ0n) is 6.26. The Morgan fingerprint density at radius 2 is 2.40 bits per heavy atom. The smallest absolute Gasteiger partial charge is 0.229 e. The minimum absolute atomic E-state index is 0.0200. The van der Waals surface area contributed by atoms with Gasteiger partial charge in [0.1, 0.15) is 5.44 Å². The van der Waals surface area contributed by atoms with Crippen molar-refractivity contribution in [1.29, 1.82) is 0 Å². The van der Waals surface area contributed by atoms with E-state index in [1.54, 1.807) is 6.92 Å². The summed E-state index contributed by atoms with van der Waals surface area (Å²) in [4.78, 5) is 10.7. The number of carbonyl (C=O) groups excluding carboxylic acids is 1. The molecule has 1 unspecified atom stereocenters. The lowest BCUT2D eigenvalue weighted by atomic mass is 10.3. The molecule has 0 aliphatic rings. The maximum Gasteiger partial charge on any atom is 0.229 e. The van der Waals surface area contributed by atoms with Crippen molar-refractivity contribution < 1.29 is 9.90 Å². The number of aliphatic hydroxyl groups is 1. The van der Waals surface area contributed by atoms with Crippen molar-refractivity contribution >= 4 is 17.9 Å². The highest BCUT2D eigenvalue weighted by molar-refractivity contribution is 7.98. The molecule has 0 aromatic rings. The van der Waals surface area contributed by atoms with Gasteiger partial charge in [0.25, 0.3) is 0 Å². The van der Waals surface area contributed by atoms with E-state index in [0.29, 0.717) is 6.42 Å². The summed E-state index contributed by atoms with van der Waals surface area (Å²) < 4.78 is 2.51. The van der Waals surface area contributed by atoms with Crippen molar-refractivity contribution in [3.05, 3.63) is 0 Å². The van der Waals surface area contributed by atoms with Crippen LogP contribution >= 0.6 is 11.9 Å². The SMILES string of the molecule is CCCC(=O)NSC(C)O. The van der Waals surface area contributed by atoms with Crippen LogP contribution in [-0.2, 0) is 4.79 Å². The first-order valence-corrected chi connectivity index (χ1v) is 4.17. The Bertz CT molecular complexity index is 106. The molecule has 4 heteroatoms. The van der Waals surface area contributed by atoms with E-state index in [2.05, 4.69) is 4.72 Å². The van der Waals surface area contributed by atoms with Gasteiger partial charge in [-0.1, -0.05) is 6.92 Å². The molecular formula is C6H13NO2S. The molecule has 0 aliphatic carbocycles. The standard InChI is InChI=1S/C6H13NO2S/c1-3-4-6(9)7-10-5(2)8/h5,8H,3-4H2,1-2H3,(H,7,9). The second-order valence-corrected chi connectivity index (χ2v) is 3.11. The maximum atomic E-state index is 10.7. The van der Waals surface area contributed by atoms with Crippen LogP contribution in [0.2, 0.25) is 0 Å². The van der Waals surface area contributed by atoms with Crippen LogP contribution < -0.4 is 4.72 Å². The molecule has 0 spiro atoms. The van der Waals surface area contributed by atoms with Crippen molar-refractivity contribution in [3.63, 3.8) is 0 Å². The number of rotatable bonds is 4. The second kappa shape index (κ2) is 5.56. The monoisotopic (exact) mass is 163 g/mol. The molecule has 0 aliphatic heterocycles. The number of nitrogens with one attached hydrogen (secondary N) is 1. The van der Waals surface area contributed by atoms with E-state index in [4.69, 9.17) is 5.11 Å². The van der Waals surface area contributed by atoms with Crippen LogP contribution in [0.4, 0.5) is 0 Å². The number of aliphatic hydroxyl groups excluding tert-OH is 1. The number of amides is 1. The van der Waals surface area contributed by atoms with E-state index in [1.165, 1.54) is 0 Å². The average molecular weight is 163 g/mol. The summed E-state index contributed by atoms with van der Waals surface area (Å²) in [5.41, 5.74) is -0.527. The molecule has 0 saturated carbocycles. The van der Waals surface area contributed by atoms with Crippen LogP contribution in [0, 0.1) is 0 Å². The van der Waals surface area contributed by atoms with Gasteiger partial charge >= 0.3 is 0 Å². The van der Waals surface area contributed by atoms with E-state index in [0.717, 1.165) is 18.4 Å². The molecule has 0 rings (SSSR count). The van der Waals surface area contributed by atoms with Gasteiger partial charge in [0.2, 0.25) is 5.91 Å². The zero-order valence-corrected chi connectivity index (χ0v) is 7.07. The molecule has 3 nitrogen and oxygen atoms in total. The van der Waals surface area contributed by atoms with Gasteiger partial charge in [0.05, 0.1) is 0 Å². The van der Waals surface area contributed by atoms with Crippen LogP contribution in [0.5, 0.6) is 0 Å². The third-order valence-electron chi connectivity index (χ3n) is 0.820. The van der Waals surface area contributed by atoms with Crippen molar-refractivity contribution in [2.24, 2.45) is 0 Å². The Balaban J connectivity index is 3.22. The first kappa shape index (κ1) is 9.78. The average Bonchev–Trinajstić information content (AvgIpc) is 1.85. The lowest BCUT2D eigenvalue weighted by molar-refractivity contribution is -0.119. The van der Waals surface area contributed by atoms with Crippen LogP contribution in [-0.4, -0.2) is 16.4 Å². The molecule has 0 heterocycles. The Kier molecular flexibility index (Phi) is 5.43. The first-order valence-electron chi connectivity index (χ1n) is 3.29. The lowest BCUT2D eigenvalue weighted by Crippen LogP contribution is -2.17. The minimum atomic E-state index is -0.527. The van der Waals surface area contributed by atoms with E-state index in [-0.39, 0.29) is 5.91 Å². The van der Waals surface area contributed by atoms with Crippen LogP contribution in [0.3, 0.4) is 0 Å². The zero-order chi connectivity index (χ0) is 7.98. The molecule has 0 saturated heterocycles. The summed E-state index contributed by atoms with van der Waals surface area (Å²) in [7, 11) is 0. The Morgan fingerprint density at radius 1 is 1.80 bits per heavy atom. The summed E-state index contributed by atoms with van der Waals surface area (Å²) in [5.74, 6) is -0.0200. The van der Waals surface area contributed by atoms with Gasteiger partial charge in [0.15, 0.2) is 0 Å². The van der Waals surface area contributed by atoms with Gasteiger partial charge in [-0.05, 0) is 25.3 Å². The highest BCUT2D eigenvalue weighted by Gasteiger charge is 2.00. The van der Waals surface area contributed by atoms with Crippen molar-refractivity contribution in [2.75, 3.05) is 0 Å². The molecule has 0 aromatic heterocycles. The summed E-state index contributed by atoms with van der Waals surface area (Å²) >= 11 is 1.04. The third kappa shape index (κ3) is 5.91. The van der Waals surface area contributed by atoms with Gasteiger partial charge in [-0.3, -0.25) is 9.52 Å². The predicted molar refractivity (Wildman–Crippen MR) is 42.3 cm³/mol. The van der Waals surface area contributed by atoms with E-state index in [9.17, 15) is 4.79 Å². The summed E-state index contributed by atoms with van der Waals surface area (Å²) in [6.07, 6.45) is 1.37. The van der Waals surface area contributed by atoms with E-state index >= 15 is 0 Å². The largest absolute Gasteiger partial charge is 0.381 e. The van der Waals surface area contributed by atoms with Gasteiger partial charge < -0.3 is 5.11 Å². The molecule has 1 atom stereocenters. The van der Waals surface area contributed by atoms with E-state index in [1.807, 2.05) is 6.92 Å². The lowest BCUT2D eigenvalue weighted by Gasteiger charge is -2.03. The summed E-state index contributed by atoms with van der Waals surface area (Å²) in [5, 5.41) is 8.72. The van der Waals surface area contributed by atoms with Crippen molar-refractivity contribution in [1.82, 2.24) is 4.72 Å². The Labute approximate surface area is 65.3 Å². The Hall–Kier alpha value is -0.220. The number of hydrogen-bond acceptors (Lipinski definition) is 3. The first-order chi connectivity index (χ1) is 4.66. The number of carbonyl (C=O) groups is 1. The fourth-order valence-corrected chi connectivity index (χ4v) is 0.833. The van der Waals surface area contributed by atoms with Gasteiger partial charge in [0, 0.05) is 6.42 Å². The van der Waals surface area contributed by atoms with E-state index < -0.39 is 5.44 Å². The topological polar surface area (TPSA) is 49.3 Å². The molecule has 60 valence electrons. The van der Waals surface area contributed by atoms with Gasteiger partial charge in [-0.15, -0.1) is 0 Å². The van der Waals surface area contributed by atoms with Crippen molar-refractivity contribution in [3.8, 4) is 0 Å². The molecule has 0 aromatic carbocycles. The summed E-state index contributed by atoms with van der Waals surface area (Å²) in [6.45, 7) is 3.55. The third-order valence-corrected chi connectivity index (χ3v) is 1.51. The molecule has 0 fully saturated rings. The normalized spacial score (nSPS) is 12.7. The van der Waals surface area contributed by atoms with Gasteiger partial charge in [-0.2, -0.15) is 0 Å². The Morgan fingerprint density at radius 3 is 2.80 bits per heavy atom. The highest BCUT2D eigenvalue weighted by atomic mass is 32.2. The van der Waals surface area contributed by atoms with Gasteiger partial charge in [-0.25, -0.2) is 0 Å². The van der Waals surface area contributed by atoms with Crippen molar-refractivity contribution in [2.45, 2.75) is 32.1 Å². The van der Waals surface area contributed by atoms with Crippen LogP contribution in [0.15, 0.2) is 0 Å². The molecule has 0 bridgehead atoms. The molecule has 2 N–H and O–H groups in total. The van der Waals surface area contributed by atoms with Crippen LogP contribution in [0.1, 0.15) is 26.7 Å². The molecule has 10 heavy (non-hydrogen) atoms. The minimum Gasteiger partial charge on any atom is -0.381 e. The molecule has 0 radical (unpaired) electrons. The second-order valence-electron chi connectivity index (χ2n) is 1.99. The molecule has 1 amide bonds. The maximum absolute atomic E-state index is 10.7. The summed E-state index contributed by atoms with van der Waals surface area (Å²) in [6, 6.07) is 0. The van der Waals surface area contributed by atoms with Crippen LogP contribution in [0.25, 0.3) is 0 Å². The fourth-order valence-electron chi connectivity index (χ4n) is 0.429. The predicted octanol–water partition coefficient (Wildman–Crippen LogP) is 0.889. The fraction of sp³-hybridized carbons (Fsp3) is 0.833. The molecular weight excluding hydrogens is 150 g/mol. The quantitative estimate of drug-likeness (QED) is 0.478.